The van der Waals surface area contributed by atoms with E-state index in [0.29, 0.717) is 13.1 Å². The lowest BCUT2D eigenvalue weighted by Gasteiger charge is -2.21. The van der Waals surface area contributed by atoms with Crippen LogP contribution in [0.5, 0.6) is 0 Å². The minimum Gasteiger partial charge on any atom is -0.464 e. The molecule has 0 amide bonds. The van der Waals surface area contributed by atoms with Crippen LogP contribution in [0, 0.1) is 0 Å². The third-order valence-electron chi connectivity index (χ3n) is 4.61. The quantitative estimate of drug-likeness (QED) is 0.590. The number of fused-ring (bicyclic) bond motifs is 2. The Morgan fingerprint density at radius 2 is 2.04 bits per heavy atom. The summed E-state index contributed by atoms with van der Waals surface area (Å²) in [6, 6.07) is 12.0. The number of hydrogen-bond donors (Lipinski definition) is 2. The van der Waals surface area contributed by atoms with Crippen molar-refractivity contribution in [3.05, 3.63) is 60.7 Å². The molecule has 1 atom stereocenters. The number of pyridine rings is 1. The normalized spacial score (nSPS) is 16.9. The van der Waals surface area contributed by atoms with Gasteiger partial charge in [-0.05, 0) is 29.8 Å². The maximum absolute atomic E-state index is 9.94. The van der Waals surface area contributed by atoms with Gasteiger partial charge in [-0.2, -0.15) is 5.10 Å². The minimum atomic E-state index is -0.593. The average Bonchev–Trinajstić information content (AvgIpc) is 3.26. The van der Waals surface area contributed by atoms with E-state index in [9.17, 15) is 5.11 Å². The van der Waals surface area contributed by atoms with Crippen LogP contribution >= 0.6 is 0 Å². The third kappa shape index (κ3) is 2.26. The zero-order chi connectivity index (χ0) is 16.8. The Balaban J connectivity index is 1.81. The first kappa shape index (κ1) is 14.4. The summed E-state index contributed by atoms with van der Waals surface area (Å²) in [5.41, 5.74) is 5.78. The predicted octanol–water partition coefficient (Wildman–Crippen LogP) is 2.78. The molecule has 1 aliphatic heterocycles. The number of aliphatic hydroxyl groups is 1. The molecule has 1 aliphatic rings. The summed E-state index contributed by atoms with van der Waals surface area (Å²) in [6.45, 7) is 0.974. The molecule has 0 bridgehead atoms. The number of hydrogen-bond acceptors (Lipinski definition) is 5. The summed E-state index contributed by atoms with van der Waals surface area (Å²) in [4.78, 5) is 4.12. The molecule has 0 saturated carbocycles. The molecule has 3 aromatic heterocycles. The zero-order valence-corrected chi connectivity index (χ0v) is 13.4. The largest absolute Gasteiger partial charge is 0.464 e. The van der Waals surface area contributed by atoms with E-state index in [1.54, 1.807) is 18.7 Å². The fourth-order valence-electron chi connectivity index (χ4n) is 3.46. The first-order valence-corrected chi connectivity index (χ1v) is 8.19. The number of aliphatic hydroxyl groups excluding tert-OH is 1. The highest BCUT2D eigenvalue weighted by Gasteiger charge is 2.26. The van der Waals surface area contributed by atoms with Crippen molar-refractivity contribution in [2.45, 2.75) is 19.3 Å². The highest BCUT2D eigenvalue weighted by molar-refractivity contribution is 5.96. The van der Waals surface area contributed by atoms with Gasteiger partial charge in [0, 0.05) is 35.5 Å². The van der Waals surface area contributed by atoms with Crippen LogP contribution in [0.2, 0.25) is 0 Å². The summed E-state index contributed by atoms with van der Waals surface area (Å²) in [5.74, 6) is 0. The Morgan fingerprint density at radius 3 is 2.92 bits per heavy atom. The van der Waals surface area contributed by atoms with Crippen LogP contribution in [-0.2, 0) is 13.1 Å². The monoisotopic (exact) mass is 332 g/mol. The van der Waals surface area contributed by atoms with Crippen molar-refractivity contribution >= 4 is 11.0 Å². The lowest BCUT2D eigenvalue weighted by atomic mass is 9.98. The van der Waals surface area contributed by atoms with Gasteiger partial charge in [0.1, 0.15) is 17.5 Å². The molecule has 2 N–H and O–H groups in total. The van der Waals surface area contributed by atoms with E-state index in [-0.39, 0.29) is 0 Å². The standard InChI is InChI=1S/C19H16N4O2/c24-16-11-23-15(10-21-16)17(12-4-7-20-8-5-12)18(22-23)14-3-1-2-13-6-9-25-19(13)14/h1-9,16,21,24H,10-11H2/t16-/m0/s1. The van der Waals surface area contributed by atoms with Gasteiger partial charge in [-0.3, -0.25) is 15.0 Å². The van der Waals surface area contributed by atoms with Gasteiger partial charge in [0.15, 0.2) is 0 Å². The van der Waals surface area contributed by atoms with Gasteiger partial charge >= 0.3 is 0 Å². The first-order chi connectivity index (χ1) is 12.3. The number of nitrogens with zero attached hydrogens (tertiary/aromatic N) is 3. The van der Waals surface area contributed by atoms with Gasteiger partial charge < -0.3 is 9.52 Å². The fourth-order valence-corrected chi connectivity index (χ4v) is 3.46. The van der Waals surface area contributed by atoms with E-state index in [1.165, 1.54) is 0 Å². The van der Waals surface area contributed by atoms with Crippen LogP contribution in [0.25, 0.3) is 33.4 Å². The van der Waals surface area contributed by atoms with E-state index in [4.69, 9.17) is 9.52 Å². The molecule has 0 unspecified atom stereocenters. The van der Waals surface area contributed by atoms with Crippen LogP contribution in [-0.4, -0.2) is 26.1 Å². The van der Waals surface area contributed by atoms with Crippen molar-refractivity contribution < 1.29 is 9.52 Å². The van der Waals surface area contributed by atoms with Crippen molar-refractivity contribution in [1.29, 1.82) is 0 Å². The summed E-state index contributed by atoms with van der Waals surface area (Å²) < 4.78 is 7.60. The number of nitrogens with one attached hydrogen (secondary N) is 1. The van der Waals surface area contributed by atoms with Crippen LogP contribution < -0.4 is 5.32 Å². The summed E-state index contributed by atoms with van der Waals surface area (Å²) in [5, 5.41) is 18.9. The van der Waals surface area contributed by atoms with E-state index in [1.807, 2.05) is 41.1 Å². The topological polar surface area (TPSA) is 76.1 Å². The smallest absolute Gasteiger partial charge is 0.143 e. The zero-order valence-electron chi connectivity index (χ0n) is 13.4. The maximum atomic E-state index is 9.94. The van der Waals surface area contributed by atoms with Crippen molar-refractivity contribution in [2.75, 3.05) is 0 Å². The van der Waals surface area contributed by atoms with Crippen LogP contribution in [0.15, 0.2) is 59.5 Å². The van der Waals surface area contributed by atoms with E-state index < -0.39 is 6.23 Å². The van der Waals surface area contributed by atoms with Crippen LogP contribution in [0.3, 0.4) is 0 Å². The van der Waals surface area contributed by atoms with Gasteiger partial charge in [-0.25, -0.2) is 0 Å². The fraction of sp³-hybridized carbons (Fsp3) is 0.158. The molecule has 0 fully saturated rings. The predicted molar refractivity (Wildman–Crippen MR) is 93.5 cm³/mol. The first-order valence-electron chi connectivity index (χ1n) is 8.19. The molecular formula is C19H16N4O2. The van der Waals surface area contributed by atoms with Gasteiger partial charge in [-0.15, -0.1) is 0 Å². The molecule has 0 radical (unpaired) electrons. The van der Waals surface area contributed by atoms with E-state index in [0.717, 1.165) is 39.0 Å². The third-order valence-corrected chi connectivity index (χ3v) is 4.61. The molecule has 25 heavy (non-hydrogen) atoms. The highest BCUT2D eigenvalue weighted by atomic mass is 16.3. The van der Waals surface area contributed by atoms with Gasteiger partial charge in [0.05, 0.1) is 18.5 Å². The second-order valence-electron chi connectivity index (χ2n) is 6.13. The van der Waals surface area contributed by atoms with Gasteiger partial charge in [0.25, 0.3) is 0 Å². The van der Waals surface area contributed by atoms with Crippen molar-refractivity contribution in [1.82, 2.24) is 20.1 Å². The Hall–Kier alpha value is -2.96. The summed E-state index contributed by atoms with van der Waals surface area (Å²) in [6.07, 6.45) is 4.66. The Kier molecular flexibility index (Phi) is 3.19. The molecular weight excluding hydrogens is 316 g/mol. The number of rotatable bonds is 2. The molecule has 0 spiro atoms. The Labute approximate surface area is 143 Å². The maximum Gasteiger partial charge on any atom is 0.143 e. The second-order valence-corrected chi connectivity index (χ2v) is 6.13. The Morgan fingerprint density at radius 1 is 1.16 bits per heavy atom. The Bertz CT molecular complexity index is 1050. The number of aromatic nitrogens is 3. The van der Waals surface area contributed by atoms with Crippen molar-refractivity contribution in [3.8, 4) is 22.4 Å². The van der Waals surface area contributed by atoms with Crippen molar-refractivity contribution in [2.24, 2.45) is 0 Å². The molecule has 6 heteroatoms. The molecule has 5 rings (SSSR count). The van der Waals surface area contributed by atoms with Gasteiger partial charge in [0.2, 0.25) is 0 Å². The molecule has 4 aromatic rings. The van der Waals surface area contributed by atoms with E-state index in [2.05, 4.69) is 10.3 Å². The van der Waals surface area contributed by atoms with Crippen LogP contribution in [0.1, 0.15) is 5.69 Å². The highest BCUT2D eigenvalue weighted by Crippen LogP contribution is 2.38. The second kappa shape index (κ2) is 5.54. The number of para-hydroxylation sites is 1. The number of furan rings is 1. The van der Waals surface area contributed by atoms with Gasteiger partial charge in [-0.1, -0.05) is 12.1 Å². The van der Waals surface area contributed by atoms with Crippen LogP contribution in [0.4, 0.5) is 0 Å². The average molecular weight is 332 g/mol. The lowest BCUT2D eigenvalue weighted by molar-refractivity contribution is 0.0961. The minimum absolute atomic E-state index is 0.418. The molecule has 1 aromatic carbocycles. The molecule has 0 saturated heterocycles. The molecule has 6 nitrogen and oxygen atoms in total. The SMILES string of the molecule is O[C@H]1Cn2nc(-c3cccc4ccoc34)c(-c3ccncc3)c2CN1. The van der Waals surface area contributed by atoms with Crippen molar-refractivity contribution in [3.63, 3.8) is 0 Å². The molecule has 124 valence electrons. The number of benzene rings is 1. The summed E-state index contributed by atoms with van der Waals surface area (Å²) >= 11 is 0. The summed E-state index contributed by atoms with van der Waals surface area (Å²) in [7, 11) is 0. The molecule has 4 heterocycles. The van der Waals surface area contributed by atoms with E-state index >= 15 is 0 Å². The molecule has 0 aliphatic carbocycles. The lowest BCUT2D eigenvalue weighted by Crippen LogP contribution is -2.38.